The number of aldehydes is 2. The number of carbonyl (C=O) groups is 2. The zero-order chi connectivity index (χ0) is 43.7. The summed E-state index contributed by atoms with van der Waals surface area (Å²) in [5, 5.41) is 0. The molecular weight excluding hydrogens is 815 g/mol. The van der Waals surface area contributed by atoms with Crippen LogP contribution in [0, 0.1) is 22.7 Å². The van der Waals surface area contributed by atoms with E-state index in [-0.39, 0.29) is 18.3 Å². The molecule has 8 nitrogen and oxygen atoms in total. The average molecular weight is 882 g/mol. The monoisotopic (exact) mass is 880 g/mol. The molecule has 0 amide bonds. The van der Waals surface area contributed by atoms with E-state index in [9.17, 15) is 9.59 Å². The highest BCUT2D eigenvalue weighted by Crippen LogP contribution is 2.40. The zero-order valence-electron chi connectivity index (χ0n) is 37.5. The number of ether oxygens (including phenoxy) is 2. The molecule has 2 aliphatic carbocycles. The summed E-state index contributed by atoms with van der Waals surface area (Å²) in [6.07, 6.45) is 11.7. The van der Waals surface area contributed by atoms with Gasteiger partial charge in [0, 0.05) is 5.56 Å². The van der Waals surface area contributed by atoms with Crippen LogP contribution in [-0.2, 0) is 9.31 Å². The minimum absolute atomic E-state index is 0.307. The predicted molar refractivity (Wildman–Crippen MR) is 246 cm³/mol. The minimum Gasteiger partial charge on any atom is -0.490 e. The molecule has 7 rings (SSSR count). The lowest BCUT2D eigenvalue weighted by Gasteiger charge is -2.37. The molecule has 2 saturated carbocycles. The van der Waals surface area contributed by atoms with E-state index in [1.165, 1.54) is 25.7 Å². The van der Waals surface area contributed by atoms with E-state index in [2.05, 4.69) is 119 Å². The molecule has 2 aromatic carbocycles. The standard InChI is InChI=1S/C22H35BO3.C22H27NO2.C6H4BrNO/c1-20(2,3)16-8-12-18(13-9-16)24-19-14-10-17(11-15-19)23-25-21(4,5)22(6,7)26-23;1-22(2,3)17-9-13-20(14-10-17)25-19-11-7-16(8-12-19)21-6-4-5-18(15-24)23-21;7-6-3-1-2-5(4-9)8-6/h10-11,14-16,18H,8-9,12-13H2,1-7H3;4-8,11-12,15,17,20H,9-10,13-14H2,1-3H3;1-4H. The third-order valence-electron chi connectivity index (χ3n) is 12.7. The van der Waals surface area contributed by atoms with Crippen LogP contribution in [-0.4, -0.2) is 53.1 Å². The van der Waals surface area contributed by atoms with Crippen molar-refractivity contribution in [3.05, 3.63) is 101 Å². The number of benzene rings is 2. The molecule has 1 aliphatic heterocycles. The quantitative estimate of drug-likeness (QED) is 0.0981. The van der Waals surface area contributed by atoms with Crippen LogP contribution < -0.4 is 14.9 Å². The maximum atomic E-state index is 10.9. The summed E-state index contributed by atoms with van der Waals surface area (Å²) >= 11 is 3.13. The molecule has 0 N–H and O–H groups in total. The SMILES string of the molecule is CC(C)(C)C1CCC(Oc2ccc(-c3cccc(C=O)n3)cc2)CC1.CC(C)(C)C1CCC(Oc2ccc(B3OC(C)(C)C(C)(C)O3)cc2)CC1.O=Cc1cccc(Br)n1. The lowest BCUT2D eigenvalue weighted by atomic mass is 9.72. The minimum atomic E-state index is -0.309. The van der Waals surface area contributed by atoms with E-state index in [1.807, 2.05) is 36.4 Å². The molecule has 0 spiro atoms. The predicted octanol–water partition coefficient (Wildman–Crippen LogP) is 12.2. The van der Waals surface area contributed by atoms with Gasteiger partial charge in [-0.1, -0.05) is 65.8 Å². The maximum absolute atomic E-state index is 10.9. The Bertz CT molecular complexity index is 1960. The summed E-state index contributed by atoms with van der Waals surface area (Å²) < 4.78 is 25.3. The van der Waals surface area contributed by atoms with Crippen LogP contribution in [0.4, 0.5) is 0 Å². The van der Waals surface area contributed by atoms with E-state index in [0.29, 0.717) is 45.3 Å². The molecule has 3 aliphatic rings. The second-order valence-corrected chi connectivity index (χ2v) is 20.5. The van der Waals surface area contributed by atoms with Gasteiger partial charge in [0.2, 0.25) is 0 Å². The van der Waals surface area contributed by atoms with Crippen LogP contribution in [0.25, 0.3) is 11.3 Å². The Balaban J connectivity index is 0.000000189. The summed E-state index contributed by atoms with van der Waals surface area (Å²) in [4.78, 5) is 29.1. The summed E-state index contributed by atoms with van der Waals surface area (Å²) in [6, 6.07) is 26.9. The lowest BCUT2D eigenvalue weighted by molar-refractivity contribution is 0.00578. The number of rotatable bonds is 8. The Labute approximate surface area is 368 Å². The van der Waals surface area contributed by atoms with Crippen LogP contribution in [0.3, 0.4) is 0 Å². The maximum Gasteiger partial charge on any atom is 0.494 e. The van der Waals surface area contributed by atoms with Gasteiger partial charge < -0.3 is 18.8 Å². The molecular formula is C50H66BBrN2O6. The Hall–Kier alpha value is -3.86. The highest BCUT2D eigenvalue weighted by Gasteiger charge is 2.51. The van der Waals surface area contributed by atoms with Gasteiger partial charge in [0.25, 0.3) is 0 Å². The van der Waals surface area contributed by atoms with Gasteiger partial charge in [0.05, 0.1) is 29.1 Å². The third-order valence-corrected chi connectivity index (χ3v) is 13.1. The molecule has 0 bridgehead atoms. The topological polar surface area (TPSA) is 96.8 Å². The van der Waals surface area contributed by atoms with Crippen molar-refractivity contribution in [2.45, 2.75) is 144 Å². The summed E-state index contributed by atoms with van der Waals surface area (Å²) in [7, 11) is -0.309. The van der Waals surface area contributed by atoms with Gasteiger partial charge in [-0.2, -0.15) is 0 Å². The molecule has 3 fully saturated rings. The number of pyridine rings is 2. The van der Waals surface area contributed by atoms with Crippen molar-refractivity contribution in [1.82, 2.24) is 9.97 Å². The first kappa shape index (κ1) is 47.2. The fourth-order valence-corrected chi connectivity index (χ4v) is 8.39. The van der Waals surface area contributed by atoms with Crippen LogP contribution >= 0.6 is 15.9 Å². The van der Waals surface area contributed by atoms with Gasteiger partial charge in [0.15, 0.2) is 12.6 Å². The smallest absolute Gasteiger partial charge is 0.490 e. The first-order valence-corrected chi connectivity index (χ1v) is 22.4. The Kier molecular flexibility index (Phi) is 16.0. The fourth-order valence-electron chi connectivity index (χ4n) is 8.03. The molecule has 0 unspecified atom stereocenters. The van der Waals surface area contributed by atoms with E-state index in [4.69, 9.17) is 18.8 Å². The fraction of sp³-hybridized carbons (Fsp3) is 0.520. The molecule has 1 saturated heterocycles. The molecule has 0 atom stereocenters. The molecule has 60 heavy (non-hydrogen) atoms. The van der Waals surface area contributed by atoms with E-state index >= 15 is 0 Å². The van der Waals surface area contributed by atoms with Crippen molar-refractivity contribution in [3.63, 3.8) is 0 Å². The van der Waals surface area contributed by atoms with Crippen molar-refractivity contribution < 1.29 is 28.4 Å². The number of halogens is 1. The zero-order valence-corrected chi connectivity index (χ0v) is 39.1. The first-order chi connectivity index (χ1) is 28.3. The Morgan fingerprint density at radius 2 is 1.02 bits per heavy atom. The molecule has 10 heteroatoms. The number of hydrogen-bond acceptors (Lipinski definition) is 8. The van der Waals surface area contributed by atoms with Crippen LogP contribution in [0.1, 0.15) is 142 Å². The van der Waals surface area contributed by atoms with Crippen LogP contribution in [0.15, 0.2) is 89.5 Å². The summed E-state index contributed by atoms with van der Waals surface area (Å²) in [5.74, 6) is 3.47. The lowest BCUT2D eigenvalue weighted by Crippen LogP contribution is -2.41. The number of hydrogen-bond donors (Lipinski definition) is 0. The van der Waals surface area contributed by atoms with E-state index in [0.717, 1.165) is 72.0 Å². The van der Waals surface area contributed by atoms with E-state index < -0.39 is 0 Å². The van der Waals surface area contributed by atoms with E-state index in [1.54, 1.807) is 24.3 Å². The van der Waals surface area contributed by atoms with Crippen molar-refractivity contribution in [1.29, 1.82) is 0 Å². The molecule has 322 valence electrons. The van der Waals surface area contributed by atoms with Gasteiger partial charge >= 0.3 is 7.12 Å². The summed E-state index contributed by atoms with van der Waals surface area (Å²) in [5.41, 5.74) is 3.95. The molecule has 3 heterocycles. The molecule has 4 aromatic rings. The van der Waals surface area contributed by atoms with Crippen LogP contribution in [0.2, 0.25) is 0 Å². The first-order valence-electron chi connectivity index (χ1n) is 21.7. The highest BCUT2D eigenvalue weighted by atomic mass is 79.9. The molecule has 2 aromatic heterocycles. The second-order valence-electron chi connectivity index (χ2n) is 19.7. The van der Waals surface area contributed by atoms with Crippen LogP contribution in [0.5, 0.6) is 11.5 Å². The van der Waals surface area contributed by atoms with Crippen molar-refractivity contribution >= 4 is 41.1 Å². The number of nitrogens with zero attached hydrogens (tertiary/aromatic N) is 2. The van der Waals surface area contributed by atoms with Crippen molar-refractivity contribution in [3.8, 4) is 22.8 Å². The average Bonchev–Trinajstić information content (AvgIpc) is 3.44. The Morgan fingerprint density at radius 1 is 0.600 bits per heavy atom. The second kappa shape index (κ2) is 20.3. The van der Waals surface area contributed by atoms with Crippen molar-refractivity contribution in [2.75, 3.05) is 0 Å². The van der Waals surface area contributed by atoms with Gasteiger partial charge in [0.1, 0.15) is 27.5 Å². The normalized spacial score (nSPS) is 22.3. The largest absolute Gasteiger partial charge is 0.494 e. The molecule has 0 radical (unpaired) electrons. The van der Waals surface area contributed by atoms with Gasteiger partial charge in [-0.25, -0.2) is 9.97 Å². The summed E-state index contributed by atoms with van der Waals surface area (Å²) in [6.45, 7) is 22.4. The van der Waals surface area contributed by atoms with Gasteiger partial charge in [-0.3, -0.25) is 9.59 Å². The number of aromatic nitrogens is 2. The van der Waals surface area contributed by atoms with Gasteiger partial charge in [-0.05, 0) is 184 Å². The van der Waals surface area contributed by atoms with Crippen molar-refractivity contribution in [2.24, 2.45) is 22.7 Å². The highest BCUT2D eigenvalue weighted by molar-refractivity contribution is 9.10. The number of carbonyl (C=O) groups excluding carboxylic acids is 2. The third kappa shape index (κ3) is 13.3. The Morgan fingerprint density at radius 3 is 1.42 bits per heavy atom. The van der Waals surface area contributed by atoms with Gasteiger partial charge in [-0.15, -0.1) is 0 Å².